The Morgan fingerprint density at radius 3 is 2.23 bits per heavy atom. The number of sulfone groups is 1. The van der Waals surface area contributed by atoms with Crippen LogP contribution in [0, 0.1) is 5.92 Å². The maximum absolute atomic E-state index is 13.2. The lowest BCUT2D eigenvalue weighted by Gasteiger charge is -2.31. The van der Waals surface area contributed by atoms with Gasteiger partial charge in [0.15, 0.2) is 15.8 Å². The molecule has 10 nitrogen and oxygen atoms in total. The average Bonchev–Trinajstić information content (AvgIpc) is 2.85. The number of nitrogens with one attached hydrogen (secondary N) is 1. The van der Waals surface area contributed by atoms with Gasteiger partial charge in [-0.25, -0.2) is 8.42 Å². The first kappa shape index (κ1) is 25.1. The lowest BCUT2D eigenvalue weighted by atomic mass is 9.82. The SMILES string of the molecule is NC(N)=NCCNC(=O)C1CCN(CS(=O)(=O)c2ccc3c(c2)C(O)c2ccccc2C3O)CC1. The molecule has 0 radical (unpaired) electrons. The Kier molecular flexibility index (Phi) is 7.41. The van der Waals surface area contributed by atoms with E-state index < -0.39 is 22.0 Å². The third kappa shape index (κ3) is 5.48. The molecule has 2 aromatic carbocycles. The van der Waals surface area contributed by atoms with E-state index in [1.165, 1.54) is 12.1 Å². The Labute approximate surface area is 204 Å². The lowest BCUT2D eigenvalue weighted by molar-refractivity contribution is -0.126. The summed E-state index contributed by atoms with van der Waals surface area (Å²) in [5.74, 6) is -0.475. The third-order valence-electron chi connectivity index (χ3n) is 6.61. The number of hydrogen-bond acceptors (Lipinski definition) is 7. The van der Waals surface area contributed by atoms with E-state index in [0.717, 1.165) is 0 Å². The number of carbonyl (C=O) groups is 1. The Morgan fingerprint density at radius 1 is 1.00 bits per heavy atom. The summed E-state index contributed by atoms with van der Waals surface area (Å²) in [4.78, 5) is 18.1. The monoisotopic (exact) mass is 501 g/mol. The number of carbonyl (C=O) groups excluding carboxylic acids is 1. The summed E-state index contributed by atoms with van der Waals surface area (Å²) in [5.41, 5.74) is 12.6. The van der Waals surface area contributed by atoms with E-state index in [4.69, 9.17) is 11.5 Å². The first-order chi connectivity index (χ1) is 16.7. The predicted molar refractivity (Wildman–Crippen MR) is 131 cm³/mol. The van der Waals surface area contributed by atoms with Gasteiger partial charge in [0.05, 0.1) is 11.4 Å². The molecule has 2 unspecified atom stereocenters. The Balaban J connectivity index is 1.38. The Morgan fingerprint density at radius 2 is 1.60 bits per heavy atom. The molecule has 1 heterocycles. The molecule has 35 heavy (non-hydrogen) atoms. The van der Waals surface area contributed by atoms with Crippen LogP contribution in [0.3, 0.4) is 0 Å². The van der Waals surface area contributed by atoms with Crippen LogP contribution >= 0.6 is 0 Å². The molecule has 0 aromatic heterocycles. The van der Waals surface area contributed by atoms with E-state index in [0.29, 0.717) is 61.3 Å². The van der Waals surface area contributed by atoms with Crippen molar-refractivity contribution >= 4 is 21.7 Å². The number of aliphatic imine (C=N–C) groups is 1. The van der Waals surface area contributed by atoms with Gasteiger partial charge in [0.2, 0.25) is 5.91 Å². The van der Waals surface area contributed by atoms with E-state index in [-0.39, 0.29) is 28.6 Å². The topological polar surface area (TPSA) is 171 Å². The van der Waals surface area contributed by atoms with Crippen LogP contribution in [-0.4, -0.2) is 67.5 Å². The number of guanidine groups is 1. The van der Waals surface area contributed by atoms with Crippen LogP contribution in [0.2, 0.25) is 0 Å². The number of likely N-dealkylation sites (tertiary alicyclic amines) is 1. The number of fused-ring (bicyclic) bond motifs is 2. The third-order valence-corrected chi connectivity index (χ3v) is 8.29. The average molecular weight is 502 g/mol. The minimum Gasteiger partial charge on any atom is -0.384 e. The van der Waals surface area contributed by atoms with Crippen LogP contribution in [0.15, 0.2) is 52.4 Å². The molecule has 188 valence electrons. The molecule has 1 fully saturated rings. The van der Waals surface area contributed by atoms with Crippen molar-refractivity contribution in [1.29, 1.82) is 0 Å². The largest absolute Gasteiger partial charge is 0.384 e. The van der Waals surface area contributed by atoms with E-state index in [2.05, 4.69) is 10.3 Å². The summed E-state index contributed by atoms with van der Waals surface area (Å²) in [6.07, 6.45) is -0.836. The number of benzene rings is 2. The predicted octanol–water partition coefficient (Wildman–Crippen LogP) is -0.00380. The molecule has 4 rings (SSSR count). The van der Waals surface area contributed by atoms with Crippen LogP contribution in [0.5, 0.6) is 0 Å². The molecule has 0 bridgehead atoms. The molecule has 2 aromatic rings. The minimum atomic E-state index is -3.68. The lowest BCUT2D eigenvalue weighted by Crippen LogP contribution is -2.42. The van der Waals surface area contributed by atoms with Gasteiger partial charge in [0, 0.05) is 12.5 Å². The van der Waals surface area contributed by atoms with Gasteiger partial charge in [-0.3, -0.25) is 14.7 Å². The van der Waals surface area contributed by atoms with Gasteiger partial charge in [-0.05, 0) is 60.3 Å². The van der Waals surface area contributed by atoms with Crippen LogP contribution in [0.25, 0.3) is 0 Å². The Hall–Kier alpha value is -2.99. The molecule has 0 saturated carbocycles. The smallest absolute Gasteiger partial charge is 0.223 e. The van der Waals surface area contributed by atoms with E-state index in [9.17, 15) is 23.4 Å². The zero-order valence-corrected chi connectivity index (χ0v) is 20.1. The zero-order valence-electron chi connectivity index (χ0n) is 19.3. The van der Waals surface area contributed by atoms with Crippen LogP contribution in [0.1, 0.15) is 47.3 Å². The number of aliphatic hydroxyl groups excluding tert-OH is 2. The summed E-state index contributed by atoms with van der Waals surface area (Å²) in [7, 11) is -3.68. The van der Waals surface area contributed by atoms with E-state index in [1.807, 2.05) is 4.90 Å². The van der Waals surface area contributed by atoms with Gasteiger partial charge in [-0.2, -0.15) is 0 Å². The first-order valence-corrected chi connectivity index (χ1v) is 13.2. The maximum atomic E-state index is 13.2. The number of hydrogen-bond donors (Lipinski definition) is 5. The molecular weight excluding hydrogens is 470 g/mol. The van der Waals surface area contributed by atoms with E-state index in [1.54, 1.807) is 30.3 Å². The van der Waals surface area contributed by atoms with Crippen molar-refractivity contribution < 1.29 is 23.4 Å². The van der Waals surface area contributed by atoms with Gasteiger partial charge >= 0.3 is 0 Å². The number of rotatable bonds is 7. The van der Waals surface area contributed by atoms with Gasteiger partial charge in [-0.15, -0.1) is 0 Å². The van der Waals surface area contributed by atoms with Gasteiger partial charge < -0.3 is 27.0 Å². The van der Waals surface area contributed by atoms with Crippen molar-refractivity contribution in [3.8, 4) is 0 Å². The highest BCUT2D eigenvalue weighted by atomic mass is 32.2. The summed E-state index contributed by atoms with van der Waals surface area (Å²) >= 11 is 0. The normalized spacial score (nSPS) is 20.5. The molecule has 11 heteroatoms. The molecule has 1 aliphatic carbocycles. The van der Waals surface area contributed by atoms with Crippen LogP contribution < -0.4 is 16.8 Å². The second-order valence-corrected chi connectivity index (χ2v) is 10.9. The number of nitrogens with zero attached hydrogens (tertiary/aromatic N) is 2. The molecule has 0 spiro atoms. The van der Waals surface area contributed by atoms with Gasteiger partial charge in [-0.1, -0.05) is 30.3 Å². The number of aliphatic hydroxyl groups is 2. The van der Waals surface area contributed by atoms with Crippen LogP contribution in [0.4, 0.5) is 0 Å². The summed E-state index contributed by atoms with van der Waals surface area (Å²) in [5, 5.41) is 24.4. The summed E-state index contributed by atoms with van der Waals surface area (Å²) in [6.45, 7) is 1.60. The zero-order chi connectivity index (χ0) is 25.2. The summed E-state index contributed by atoms with van der Waals surface area (Å²) < 4.78 is 26.3. The van der Waals surface area contributed by atoms with Crippen molar-refractivity contribution in [3.63, 3.8) is 0 Å². The fourth-order valence-electron chi connectivity index (χ4n) is 4.72. The maximum Gasteiger partial charge on any atom is 0.223 e. The van der Waals surface area contributed by atoms with E-state index >= 15 is 0 Å². The van der Waals surface area contributed by atoms with Crippen molar-refractivity contribution in [1.82, 2.24) is 10.2 Å². The highest BCUT2D eigenvalue weighted by molar-refractivity contribution is 7.91. The molecule has 1 amide bonds. The molecule has 1 aliphatic heterocycles. The quantitative estimate of drug-likeness (QED) is 0.200. The molecular formula is C24H31N5O5S. The van der Waals surface area contributed by atoms with Gasteiger partial charge in [0.25, 0.3) is 0 Å². The molecule has 2 atom stereocenters. The number of piperidine rings is 1. The minimum absolute atomic E-state index is 0.0248. The second kappa shape index (κ2) is 10.3. The number of nitrogens with two attached hydrogens (primary N) is 2. The van der Waals surface area contributed by atoms with Crippen molar-refractivity contribution in [2.45, 2.75) is 29.9 Å². The van der Waals surface area contributed by atoms with Crippen molar-refractivity contribution in [2.24, 2.45) is 22.4 Å². The molecule has 7 N–H and O–H groups in total. The highest BCUT2D eigenvalue weighted by Crippen LogP contribution is 2.41. The summed E-state index contributed by atoms with van der Waals surface area (Å²) in [6, 6.07) is 11.6. The fraction of sp³-hybridized carbons (Fsp3) is 0.417. The van der Waals surface area contributed by atoms with Crippen molar-refractivity contribution in [2.75, 3.05) is 32.1 Å². The Bertz CT molecular complexity index is 1220. The first-order valence-electron chi connectivity index (χ1n) is 11.5. The van der Waals surface area contributed by atoms with Gasteiger partial charge in [0.1, 0.15) is 18.1 Å². The molecule has 2 aliphatic rings. The fourth-order valence-corrected chi connectivity index (χ4v) is 6.19. The van der Waals surface area contributed by atoms with Crippen molar-refractivity contribution in [3.05, 3.63) is 64.7 Å². The molecule has 1 saturated heterocycles. The number of amides is 1. The highest BCUT2D eigenvalue weighted by Gasteiger charge is 2.32. The second-order valence-electron chi connectivity index (χ2n) is 8.96. The van der Waals surface area contributed by atoms with Crippen LogP contribution in [-0.2, 0) is 14.6 Å². The standard InChI is InChI=1S/C24H31N5O5S/c25-24(26)28-10-9-27-23(32)15-7-11-29(12-8-15)14-35(33,34)16-5-6-19-20(13-16)22(31)18-4-2-1-3-17(18)21(19)30/h1-6,13,15,21-22,30-31H,7-12,14H2,(H,27,32)(H4,25,26,28).